The highest BCUT2D eigenvalue weighted by molar-refractivity contribution is 9.10. The van der Waals surface area contributed by atoms with Crippen LogP contribution in [0.4, 0.5) is 5.69 Å². The molecule has 1 amide bonds. The van der Waals surface area contributed by atoms with Gasteiger partial charge in [0.1, 0.15) is 12.7 Å². The molecule has 0 fully saturated rings. The van der Waals surface area contributed by atoms with Crippen molar-refractivity contribution in [3.8, 4) is 6.07 Å². The van der Waals surface area contributed by atoms with E-state index in [1.165, 1.54) is 0 Å². The first kappa shape index (κ1) is 13.7. The fourth-order valence-electron chi connectivity index (χ4n) is 1.15. The minimum Gasteiger partial charge on any atom is -0.369 e. The van der Waals surface area contributed by atoms with Gasteiger partial charge in [-0.15, -0.1) is 0 Å². The summed E-state index contributed by atoms with van der Waals surface area (Å²) in [7, 11) is 0. The Labute approximate surface area is 109 Å². The van der Waals surface area contributed by atoms with E-state index >= 15 is 0 Å². The van der Waals surface area contributed by atoms with Crippen molar-refractivity contribution >= 4 is 27.5 Å². The quantitative estimate of drug-likeness (QED) is 0.929. The van der Waals surface area contributed by atoms with E-state index in [9.17, 15) is 4.79 Å². The van der Waals surface area contributed by atoms with E-state index < -0.39 is 0 Å². The van der Waals surface area contributed by atoms with Crippen molar-refractivity contribution in [2.45, 2.75) is 20.0 Å². The standard InChI is InChI=1S/C12H13BrN2O2/c1-8(2)17-7-12(16)15-11-5-10(13)4-3-9(11)6-14/h3-5,8H,7H2,1-2H3,(H,15,16). The first-order chi connectivity index (χ1) is 8.02. The third-order valence-electron chi connectivity index (χ3n) is 1.92. The number of carbonyl (C=O) groups is 1. The molecule has 0 saturated carbocycles. The third-order valence-corrected chi connectivity index (χ3v) is 2.42. The maximum absolute atomic E-state index is 11.5. The van der Waals surface area contributed by atoms with Gasteiger partial charge in [-0.25, -0.2) is 0 Å². The van der Waals surface area contributed by atoms with Crippen LogP contribution < -0.4 is 5.32 Å². The maximum atomic E-state index is 11.5. The monoisotopic (exact) mass is 296 g/mol. The number of halogens is 1. The molecule has 1 rings (SSSR count). The Morgan fingerprint density at radius 1 is 1.59 bits per heavy atom. The Bertz CT molecular complexity index is 452. The molecule has 0 aromatic heterocycles. The van der Waals surface area contributed by atoms with E-state index in [-0.39, 0.29) is 18.6 Å². The lowest BCUT2D eigenvalue weighted by molar-refractivity contribution is -0.121. The van der Waals surface area contributed by atoms with Crippen LogP contribution in [0.3, 0.4) is 0 Å². The molecule has 5 heteroatoms. The second-order valence-corrected chi connectivity index (χ2v) is 4.63. The molecule has 0 radical (unpaired) electrons. The number of nitrogens with one attached hydrogen (secondary N) is 1. The molecule has 1 N–H and O–H groups in total. The van der Waals surface area contributed by atoms with E-state index in [0.29, 0.717) is 11.3 Å². The van der Waals surface area contributed by atoms with Crippen molar-refractivity contribution in [2.24, 2.45) is 0 Å². The smallest absolute Gasteiger partial charge is 0.250 e. The van der Waals surface area contributed by atoms with Gasteiger partial charge < -0.3 is 10.1 Å². The average molecular weight is 297 g/mol. The Morgan fingerprint density at radius 3 is 2.88 bits per heavy atom. The fraction of sp³-hybridized carbons (Fsp3) is 0.333. The van der Waals surface area contributed by atoms with E-state index in [4.69, 9.17) is 10.00 Å². The number of hydrogen-bond acceptors (Lipinski definition) is 3. The molecule has 0 heterocycles. The van der Waals surface area contributed by atoms with Crippen LogP contribution in [0.2, 0.25) is 0 Å². The number of nitriles is 1. The van der Waals surface area contributed by atoms with Gasteiger partial charge in [0.25, 0.3) is 0 Å². The molecule has 1 aromatic carbocycles. The highest BCUT2D eigenvalue weighted by atomic mass is 79.9. The summed E-state index contributed by atoms with van der Waals surface area (Å²) in [6.45, 7) is 3.69. The zero-order chi connectivity index (χ0) is 12.8. The van der Waals surface area contributed by atoms with Crippen LogP contribution in [0, 0.1) is 11.3 Å². The fourth-order valence-corrected chi connectivity index (χ4v) is 1.51. The van der Waals surface area contributed by atoms with Crippen LogP contribution in [-0.4, -0.2) is 18.6 Å². The molecule has 0 saturated heterocycles. The second kappa shape index (κ2) is 6.38. The average Bonchev–Trinajstić information content (AvgIpc) is 2.27. The maximum Gasteiger partial charge on any atom is 0.250 e. The summed E-state index contributed by atoms with van der Waals surface area (Å²) < 4.78 is 5.98. The summed E-state index contributed by atoms with van der Waals surface area (Å²) in [6, 6.07) is 7.09. The highest BCUT2D eigenvalue weighted by Gasteiger charge is 2.08. The van der Waals surface area contributed by atoms with Crippen molar-refractivity contribution in [1.82, 2.24) is 0 Å². The normalized spacial score (nSPS) is 10.1. The van der Waals surface area contributed by atoms with Crippen molar-refractivity contribution in [3.05, 3.63) is 28.2 Å². The van der Waals surface area contributed by atoms with E-state index in [1.807, 2.05) is 19.9 Å². The van der Waals surface area contributed by atoms with Crippen LogP contribution in [0.25, 0.3) is 0 Å². The minimum atomic E-state index is -0.270. The Kier molecular flexibility index (Phi) is 5.13. The number of benzene rings is 1. The van der Waals surface area contributed by atoms with Gasteiger partial charge in [0.15, 0.2) is 0 Å². The molecule has 1 aromatic rings. The zero-order valence-corrected chi connectivity index (χ0v) is 11.2. The summed E-state index contributed by atoms with van der Waals surface area (Å²) in [5, 5.41) is 11.5. The molecule has 0 aliphatic heterocycles. The topological polar surface area (TPSA) is 62.1 Å². The van der Waals surface area contributed by atoms with E-state index in [2.05, 4.69) is 21.2 Å². The van der Waals surface area contributed by atoms with Crippen molar-refractivity contribution in [3.63, 3.8) is 0 Å². The molecule has 0 unspecified atom stereocenters. The number of anilines is 1. The van der Waals surface area contributed by atoms with Gasteiger partial charge in [-0.1, -0.05) is 15.9 Å². The molecule has 0 aliphatic carbocycles. The molecule has 17 heavy (non-hydrogen) atoms. The summed E-state index contributed by atoms with van der Waals surface area (Å²) in [6.07, 6.45) is -0.00121. The molecule has 0 aliphatic rings. The lowest BCUT2D eigenvalue weighted by Gasteiger charge is -2.09. The number of carbonyl (C=O) groups excluding carboxylic acids is 1. The molecular weight excluding hydrogens is 284 g/mol. The predicted octanol–water partition coefficient (Wildman–Crippen LogP) is 2.68. The van der Waals surface area contributed by atoms with Gasteiger partial charge in [0.2, 0.25) is 5.91 Å². The lowest BCUT2D eigenvalue weighted by Crippen LogP contribution is -2.21. The third kappa shape index (κ3) is 4.55. The van der Waals surface area contributed by atoms with Crippen LogP contribution in [0.15, 0.2) is 22.7 Å². The first-order valence-electron chi connectivity index (χ1n) is 5.14. The molecule has 4 nitrogen and oxygen atoms in total. The van der Waals surface area contributed by atoms with Crippen molar-refractivity contribution in [2.75, 3.05) is 11.9 Å². The van der Waals surface area contributed by atoms with Crippen LogP contribution in [-0.2, 0) is 9.53 Å². The van der Waals surface area contributed by atoms with E-state index in [1.54, 1.807) is 18.2 Å². The first-order valence-corrected chi connectivity index (χ1v) is 5.93. The van der Waals surface area contributed by atoms with Gasteiger partial charge in [-0.3, -0.25) is 4.79 Å². The van der Waals surface area contributed by atoms with Crippen LogP contribution in [0.5, 0.6) is 0 Å². The summed E-state index contributed by atoms with van der Waals surface area (Å²) >= 11 is 3.29. The summed E-state index contributed by atoms with van der Waals surface area (Å²) in [5.41, 5.74) is 0.908. The van der Waals surface area contributed by atoms with Crippen LogP contribution >= 0.6 is 15.9 Å². The molecule has 90 valence electrons. The minimum absolute atomic E-state index is 0.00121. The number of rotatable bonds is 4. The SMILES string of the molecule is CC(C)OCC(=O)Nc1cc(Br)ccc1C#N. The van der Waals surface area contributed by atoms with Gasteiger partial charge in [0.05, 0.1) is 17.4 Å². The molecule has 0 bridgehead atoms. The largest absolute Gasteiger partial charge is 0.369 e. The number of ether oxygens (including phenoxy) is 1. The predicted molar refractivity (Wildman–Crippen MR) is 68.6 cm³/mol. The summed E-state index contributed by atoms with van der Waals surface area (Å²) in [5.74, 6) is -0.270. The number of hydrogen-bond donors (Lipinski definition) is 1. The van der Waals surface area contributed by atoms with Gasteiger partial charge in [-0.05, 0) is 32.0 Å². The number of amides is 1. The Balaban J connectivity index is 2.71. The van der Waals surface area contributed by atoms with Crippen molar-refractivity contribution in [1.29, 1.82) is 5.26 Å². The van der Waals surface area contributed by atoms with Crippen molar-refractivity contribution < 1.29 is 9.53 Å². The van der Waals surface area contributed by atoms with Crippen LogP contribution in [0.1, 0.15) is 19.4 Å². The van der Waals surface area contributed by atoms with Gasteiger partial charge >= 0.3 is 0 Å². The molecular formula is C12H13BrN2O2. The zero-order valence-electron chi connectivity index (χ0n) is 9.66. The highest BCUT2D eigenvalue weighted by Crippen LogP contribution is 2.20. The van der Waals surface area contributed by atoms with Gasteiger partial charge in [-0.2, -0.15) is 5.26 Å². The Morgan fingerprint density at radius 2 is 2.29 bits per heavy atom. The molecule has 0 atom stereocenters. The van der Waals surface area contributed by atoms with Gasteiger partial charge in [0, 0.05) is 4.47 Å². The lowest BCUT2D eigenvalue weighted by atomic mass is 10.2. The summed E-state index contributed by atoms with van der Waals surface area (Å²) in [4.78, 5) is 11.5. The second-order valence-electron chi connectivity index (χ2n) is 3.71. The molecule has 0 spiro atoms. The Hall–Kier alpha value is -1.38. The number of nitrogens with zero attached hydrogens (tertiary/aromatic N) is 1. The van der Waals surface area contributed by atoms with E-state index in [0.717, 1.165) is 4.47 Å².